The van der Waals surface area contributed by atoms with Gasteiger partial charge in [0.2, 0.25) is 5.91 Å². The van der Waals surface area contributed by atoms with Gasteiger partial charge in [0.15, 0.2) is 0 Å². The van der Waals surface area contributed by atoms with Crippen LogP contribution in [-0.4, -0.2) is 17.1 Å². The first-order valence-corrected chi connectivity index (χ1v) is 6.06. The summed E-state index contributed by atoms with van der Waals surface area (Å²) in [6, 6.07) is 6.92. The zero-order valence-electron chi connectivity index (χ0n) is 11.2. The molecule has 4 nitrogen and oxygen atoms in total. The number of carbonyl (C=O) groups is 1. The second kappa shape index (κ2) is 5.98. The van der Waals surface area contributed by atoms with Gasteiger partial charge in [-0.05, 0) is 16.5 Å². The van der Waals surface area contributed by atoms with Crippen molar-refractivity contribution in [3.05, 3.63) is 35.4 Å². The van der Waals surface area contributed by atoms with Gasteiger partial charge in [0, 0.05) is 6.54 Å². The topological polar surface area (TPSA) is 75.4 Å². The lowest BCUT2D eigenvalue weighted by molar-refractivity contribution is -0.124. The molecule has 0 bridgehead atoms. The number of aliphatic hydroxyl groups excluding tert-OH is 1. The molecule has 1 aromatic carbocycles. The smallest absolute Gasteiger partial charge is 0.237 e. The highest BCUT2D eigenvalue weighted by molar-refractivity contribution is 5.82. The molecule has 1 atom stereocenters. The van der Waals surface area contributed by atoms with Gasteiger partial charge in [-0.25, -0.2) is 0 Å². The van der Waals surface area contributed by atoms with Crippen LogP contribution in [-0.2, 0) is 17.9 Å². The SMILES string of the molecule is CC(C)(C)[C@@H](N)C(=O)NCc1ccc(CO)cc1. The molecule has 0 spiro atoms. The van der Waals surface area contributed by atoms with Crippen molar-refractivity contribution >= 4 is 5.91 Å². The van der Waals surface area contributed by atoms with E-state index in [1.165, 1.54) is 0 Å². The molecule has 0 saturated carbocycles. The Morgan fingerprint density at radius 2 is 1.78 bits per heavy atom. The van der Waals surface area contributed by atoms with E-state index in [-0.39, 0.29) is 17.9 Å². The third-order valence-corrected chi connectivity index (χ3v) is 2.89. The fraction of sp³-hybridized carbons (Fsp3) is 0.500. The second-order valence-electron chi connectivity index (χ2n) is 5.54. The van der Waals surface area contributed by atoms with E-state index >= 15 is 0 Å². The molecule has 100 valence electrons. The van der Waals surface area contributed by atoms with E-state index in [4.69, 9.17) is 10.8 Å². The number of nitrogens with one attached hydrogen (secondary N) is 1. The number of hydrogen-bond acceptors (Lipinski definition) is 3. The van der Waals surface area contributed by atoms with Crippen LogP contribution < -0.4 is 11.1 Å². The summed E-state index contributed by atoms with van der Waals surface area (Å²) in [6.45, 7) is 6.30. The van der Waals surface area contributed by atoms with Crippen LogP contribution in [0.25, 0.3) is 0 Å². The predicted molar refractivity (Wildman–Crippen MR) is 71.6 cm³/mol. The summed E-state index contributed by atoms with van der Waals surface area (Å²) in [5.41, 5.74) is 7.46. The van der Waals surface area contributed by atoms with E-state index in [9.17, 15) is 4.79 Å². The van der Waals surface area contributed by atoms with Gasteiger partial charge in [0.1, 0.15) is 0 Å². The van der Waals surface area contributed by atoms with E-state index in [0.717, 1.165) is 11.1 Å². The molecule has 0 aliphatic carbocycles. The Hall–Kier alpha value is -1.39. The van der Waals surface area contributed by atoms with Gasteiger partial charge >= 0.3 is 0 Å². The number of hydrogen-bond donors (Lipinski definition) is 3. The van der Waals surface area contributed by atoms with Gasteiger partial charge in [-0.15, -0.1) is 0 Å². The standard InChI is InChI=1S/C14H22N2O2/c1-14(2,3)12(15)13(18)16-8-10-4-6-11(9-17)7-5-10/h4-7,12,17H,8-9,15H2,1-3H3,(H,16,18)/t12-/m0/s1. The van der Waals surface area contributed by atoms with Crippen LogP contribution in [0.1, 0.15) is 31.9 Å². The summed E-state index contributed by atoms with van der Waals surface area (Å²) in [7, 11) is 0. The first-order valence-electron chi connectivity index (χ1n) is 6.06. The lowest BCUT2D eigenvalue weighted by Gasteiger charge is -2.25. The molecule has 0 aliphatic rings. The quantitative estimate of drug-likeness (QED) is 0.751. The largest absolute Gasteiger partial charge is 0.392 e. The number of carbonyl (C=O) groups excluding carboxylic acids is 1. The van der Waals surface area contributed by atoms with Gasteiger partial charge in [0.25, 0.3) is 0 Å². The maximum Gasteiger partial charge on any atom is 0.237 e. The highest BCUT2D eigenvalue weighted by Crippen LogP contribution is 2.17. The summed E-state index contributed by atoms with van der Waals surface area (Å²) in [5, 5.41) is 11.7. The molecule has 1 aromatic rings. The van der Waals surface area contributed by atoms with Crippen molar-refractivity contribution in [2.24, 2.45) is 11.1 Å². The zero-order chi connectivity index (χ0) is 13.8. The highest BCUT2D eigenvalue weighted by atomic mass is 16.3. The first-order chi connectivity index (χ1) is 8.34. The third-order valence-electron chi connectivity index (χ3n) is 2.89. The molecular formula is C14H22N2O2. The lowest BCUT2D eigenvalue weighted by atomic mass is 9.87. The summed E-state index contributed by atoms with van der Waals surface area (Å²) >= 11 is 0. The summed E-state index contributed by atoms with van der Waals surface area (Å²) in [6.07, 6.45) is 0. The zero-order valence-corrected chi connectivity index (χ0v) is 11.2. The van der Waals surface area contributed by atoms with Crippen LogP contribution in [0.2, 0.25) is 0 Å². The fourth-order valence-electron chi connectivity index (χ4n) is 1.45. The molecule has 0 saturated heterocycles. The van der Waals surface area contributed by atoms with Crippen LogP contribution in [0.3, 0.4) is 0 Å². The van der Waals surface area contributed by atoms with E-state index in [0.29, 0.717) is 6.54 Å². The molecule has 4 heteroatoms. The van der Waals surface area contributed by atoms with Gasteiger partial charge in [-0.2, -0.15) is 0 Å². The predicted octanol–water partition coefficient (Wildman–Crippen LogP) is 1.17. The lowest BCUT2D eigenvalue weighted by Crippen LogP contribution is -2.48. The maximum atomic E-state index is 11.8. The molecule has 0 fully saturated rings. The molecule has 1 rings (SSSR count). The fourth-order valence-corrected chi connectivity index (χ4v) is 1.45. The molecule has 1 amide bonds. The van der Waals surface area contributed by atoms with Gasteiger partial charge in [-0.1, -0.05) is 45.0 Å². The minimum atomic E-state index is -0.519. The molecule has 0 unspecified atom stereocenters. The second-order valence-corrected chi connectivity index (χ2v) is 5.54. The first kappa shape index (κ1) is 14.7. The summed E-state index contributed by atoms with van der Waals surface area (Å²) in [4.78, 5) is 11.8. The Kier molecular flexibility index (Phi) is 4.87. The van der Waals surface area contributed by atoms with Crippen molar-refractivity contribution in [2.75, 3.05) is 0 Å². The van der Waals surface area contributed by atoms with Crippen molar-refractivity contribution in [1.82, 2.24) is 5.32 Å². The maximum absolute atomic E-state index is 11.8. The minimum absolute atomic E-state index is 0.0293. The van der Waals surface area contributed by atoms with Crippen molar-refractivity contribution in [2.45, 2.75) is 40.0 Å². The summed E-state index contributed by atoms with van der Waals surface area (Å²) < 4.78 is 0. The molecular weight excluding hydrogens is 228 g/mol. The Labute approximate surface area is 108 Å². The van der Waals surface area contributed by atoms with E-state index in [2.05, 4.69) is 5.32 Å². The van der Waals surface area contributed by atoms with Crippen LogP contribution in [0.5, 0.6) is 0 Å². The van der Waals surface area contributed by atoms with E-state index in [1.54, 1.807) is 0 Å². The van der Waals surface area contributed by atoms with Crippen LogP contribution >= 0.6 is 0 Å². The molecule has 0 heterocycles. The monoisotopic (exact) mass is 250 g/mol. The minimum Gasteiger partial charge on any atom is -0.392 e. The number of aliphatic hydroxyl groups is 1. The summed E-state index contributed by atoms with van der Waals surface area (Å²) in [5.74, 6) is -0.145. The Balaban J connectivity index is 2.52. The van der Waals surface area contributed by atoms with Crippen molar-refractivity contribution in [3.8, 4) is 0 Å². The Morgan fingerprint density at radius 1 is 1.28 bits per heavy atom. The average molecular weight is 250 g/mol. The normalized spacial score (nSPS) is 13.2. The van der Waals surface area contributed by atoms with Crippen LogP contribution in [0.4, 0.5) is 0 Å². The number of nitrogens with two attached hydrogens (primary N) is 1. The number of benzene rings is 1. The van der Waals surface area contributed by atoms with Gasteiger partial charge in [0.05, 0.1) is 12.6 Å². The molecule has 4 N–H and O–H groups in total. The van der Waals surface area contributed by atoms with Gasteiger partial charge < -0.3 is 16.2 Å². The number of rotatable bonds is 4. The molecule has 18 heavy (non-hydrogen) atoms. The third kappa shape index (κ3) is 4.13. The molecule has 0 aromatic heterocycles. The van der Waals surface area contributed by atoms with Crippen LogP contribution in [0, 0.1) is 5.41 Å². The molecule has 0 aliphatic heterocycles. The Bertz CT molecular complexity index is 393. The van der Waals surface area contributed by atoms with Crippen molar-refractivity contribution in [3.63, 3.8) is 0 Å². The van der Waals surface area contributed by atoms with Crippen molar-refractivity contribution < 1.29 is 9.90 Å². The highest BCUT2D eigenvalue weighted by Gasteiger charge is 2.26. The van der Waals surface area contributed by atoms with Crippen LogP contribution in [0.15, 0.2) is 24.3 Å². The molecule has 0 radical (unpaired) electrons. The average Bonchev–Trinajstić information content (AvgIpc) is 2.34. The van der Waals surface area contributed by atoms with Crippen molar-refractivity contribution in [1.29, 1.82) is 0 Å². The van der Waals surface area contributed by atoms with Gasteiger partial charge in [-0.3, -0.25) is 4.79 Å². The van der Waals surface area contributed by atoms with E-state index in [1.807, 2.05) is 45.0 Å². The Morgan fingerprint density at radius 3 is 2.22 bits per heavy atom. The number of amides is 1. The van der Waals surface area contributed by atoms with E-state index < -0.39 is 6.04 Å².